The summed E-state index contributed by atoms with van der Waals surface area (Å²) in [6.07, 6.45) is -4.85. The predicted octanol–water partition coefficient (Wildman–Crippen LogP) is 4.17. The number of imidazole rings is 1. The van der Waals surface area contributed by atoms with Gasteiger partial charge in [0.1, 0.15) is 5.52 Å². The highest BCUT2D eigenvalue weighted by Crippen LogP contribution is 2.34. The van der Waals surface area contributed by atoms with E-state index in [9.17, 15) is 27.6 Å². The van der Waals surface area contributed by atoms with E-state index in [2.05, 4.69) is 15.6 Å². The average molecular weight is 500 g/mol. The highest BCUT2D eigenvalue weighted by molar-refractivity contribution is 6.40. The summed E-state index contributed by atoms with van der Waals surface area (Å²) in [5.41, 5.74) is -0.227. The molecule has 0 radical (unpaired) electrons. The second-order valence-corrected chi connectivity index (χ2v) is 7.83. The van der Waals surface area contributed by atoms with E-state index in [1.807, 2.05) is 0 Å². The van der Waals surface area contributed by atoms with Crippen LogP contribution in [0, 0.1) is 0 Å². The summed E-state index contributed by atoms with van der Waals surface area (Å²) in [7, 11) is 0. The normalized spacial score (nSPS) is 14.2. The molecule has 1 aliphatic heterocycles. The first kappa shape index (κ1) is 22.9. The molecule has 4 rings (SSSR count). The molecular formula is C20H14Cl2F3N5O3. The number of imide groups is 1. The second kappa shape index (κ2) is 8.56. The summed E-state index contributed by atoms with van der Waals surface area (Å²) in [6, 6.07) is 7.96. The minimum Gasteiger partial charge on any atom is -0.329 e. The largest absolute Gasteiger partial charge is 0.449 e. The maximum Gasteiger partial charge on any atom is 0.449 e. The quantitative estimate of drug-likeness (QED) is 0.515. The molecule has 0 unspecified atom stereocenters. The molecule has 2 aromatic carbocycles. The van der Waals surface area contributed by atoms with Crippen LogP contribution in [0.1, 0.15) is 16.2 Å². The van der Waals surface area contributed by atoms with E-state index in [0.717, 1.165) is 9.47 Å². The van der Waals surface area contributed by atoms with Crippen molar-refractivity contribution in [2.45, 2.75) is 12.7 Å². The minimum absolute atomic E-state index is 0.00675. The number of halogens is 5. The molecule has 172 valence electrons. The number of carbonyl (C=O) groups excluding carboxylic acids is 3. The lowest BCUT2D eigenvalue weighted by Gasteiger charge is -2.16. The van der Waals surface area contributed by atoms with Gasteiger partial charge in [0.05, 0.1) is 33.4 Å². The first-order valence-corrected chi connectivity index (χ1v) is 10.2. The zero-order valence-electron chi connectivity index (χ0n) is 16.5. The molecule has 0 saturated carbocycles. The lowest BCUT2D eigenvalue weighted by molar-refractivity contribution is -0.147. The van der Waals surface area contributed by atoms with E-state index in [1.54, 1.807) is 6.07 Å². The van der Waals surface area contributed by atoms with Crippen LogP contribution in [0.3, 0.4) is 0 Å². The maximum absolute atomic E-state index is 13.7. The van der Waals surface area contributed by atoms with Gasteiger partial charge in [-0.2, -0.15) is 13.2 Å². The number of amides is 4. The molecule has 33 heavy (non-hydrogen) atoms. The molecular weight excluding hydrogens is 486 g/mol. The fourth-order valence-electron chi connectivity index (χ4n) is 3.45. The summed E-state index contributed by atoms with van der Waals surface area (Å²) < 4.78 is 42.1. The summed E-state index contributed by atoms with van der Waals surface area (Å²) in [5, 5.41) is 5.11. The molecule has 1 fully saturated rings. The van der Waals surface area contributed by atoms with Crippen LogP contribution in [-0.4, -0.2) is 45.4 Å². The van der Waals surface area contributed by atoms with Gasteiger partial charge in [-0.1, -0.05) is 35.3 Å². The SMILES string of the molecule is O=C(Nc1c(Cl)cccc1Cl)c1cccc2c1nc(C(F)(F)F)n2CCN1C(=O)CNC1=O. The Morgan fingerprint density at radius 1 is 1.09 bits per heavy atom. The maximum atomic E-state index is 13.7. The van der Waals surface area contributed by atoms with Gasteiger partial charge in [-0.05, 0) is 24.3 Å². The van der Waals surface area contributed by atoms with Crippen molar-refractivity contribution in [3.05, 3.63) is 57.8 Å². The van der Waals surface area contributed by atoms with Gasteiger partial charge in [0.2, 0.25) is 11.7 Å². The van der Waals surface area contributed by atoms with Crippen molar-refractivity contribution in [2.75, 3.05) is 18.4 Å². The number of nitrogens with zero attached hydrogens (tertiary/aromatic N) is 3. The van der Waals surface area contributed by atoms with Crippen molar-refractivity contribution < 1.29 is 27.6 Å². The van der Waals surface area contributed by atoms with Gasteiger partial charge in [-0.15, -0.1) is 0 Å². The Kier molecular flexibility index (Phi) is 5.93. The molecule has 2 N–H and O–H groups in total. The monoisotopic (exact) mass is 499 g/mol. The molecule has 0 bridgehead atoms. The number of benzene rings is 2. The van der Waals surface area contributed by atoms with Crippen LogP contribution >= 0.6 is 23.2 Å². The van der Waals surface area contributed by atoms with Gasteiger partial charge < -0.3 is 15.2 Å². The number of hydrogen-bond donors (Lipinski definition) is 2. The zero-order chi connectivity index (χ0) is 23.9. The Balaban J connectivity index is 1.73. The molecule has 0 atom stereocenters. The zero-order valence-corrected chi connectivity index (χ0v) is 18.1. The Morgan fingerprint density at radius 3 is 2.36 bits per heavy atom. The third-order valence-corrected chi connectivity index (χ3v) is 5.59. The number of nitrogens with one attached hydrogen (secondary N) is 2. The summed E-state index contributed by atoms with van der Waals surface area (Å²) >= 11 is 12.1. The Hall–Kier alpha value is -3.31. The number of fused-ring (bicyclic) bond motifs is 1. The Bertz CT molecular complexity index is 1260. The topological polar surface area (TPSA) is 96.3 Å². The molecule has 1 saturated heterocycles. The van der Waals surface area contributed by atoms with Gasteiger partial charge in [-0.3, -0.25) is 14.5 Å². The van der Waals surface area contributed by atoms with Crippen LogP contribution in [0.5, 0.6) is 0 Å². The highest BCUT2D eigenvalue weighted by Gasteiger charge is 2.39. The van der Waals surface area contributed by atoms with Crippen LogP contribution < -0.4 is 10.6 Å². The third kappa shape index (κ3) is 4.33. The predicted molar refractivity (Wildman–Crippen MR) is 114 cm³/mol. The van der Waals surface area contributed by atoms with Gasteiger partial charge in [0.25, 0.3) is 5.91 Å². The van der Waals surface area contributed by atoms with Gasteiger partial charge in [0.15, 0.2) is 0 Å². The minimum atomic E-state index is -4.85. The van der Waals surface area contributed by atoms with E-state index in [4.69, 9.17) is 23.2 Å². The van der Waals surface area contributed by atoms with E-state index >= 15 is 0 Å². The van der Waals surface area contributed by atoms with E-state index in [1.165, 1.54) is 30.3 Å². The first-order valence-electron chi connectivity index (χ1n) is 9.48. The van der Waals surface area contributed by atoms with Crippen molar-refractivity contribution in [1.82, 2.24) is 19.8 Å². The van der Waals surface area contributed by atoms with Crippen LogP contribution in [-0.2, 0) is 17.5 Å². The molecule has 0 spiro atoms. The average Bonchev–Trinajstić information content (AvgIpc) is 3.28. The van der Waals surface area contributed by atoms with Crippen molar-refractivity contribution in [3.8, 4) is 0 Å². The number of rotatable bonds is 5. The summed E-state index contributed by atoms with van der Waals surface area (Å²) in [4.78, 5) is 40.9. The van der Waals surface area contributed by atoms with Gasteiger partial charge in [0, 0.05) is 13.1 Å². The van der Waals surface area contributed by atoms with Crippen LogP contribution in [0.15, 0.2) is 36.4 Å². The van der Waals surface area contributed by atoms with Gasteiger partial charge in [-0.25, -0.2) is 9.78 Å². The standard InChI is InChI=1S/C20H14Cl2F3N5O3/c21-11-4-2-5-12(22)16(11)27-17(32)10-3-1-6-13-15(10)28-18(20(23,24)25)29(13)7-8-30-14(31)9-26-19(30)33/h1-6H,7-9H2,(H,26,33)(H,27,32). The smallest absolute Gasteiger partial charge is 0.329 e. The van der Waals surface area contributed by atoms with Crippen molar-refractivity contribution >= 4 is 57.8 Å². The van der Waals surface area contributed by atoms with E-state index in [0.29, 0.717) is 0 Å². The number of hydrogen-bond acceptors (Lipinski definition) is 4. The lowest BCUT2D eigenvalue weighted by Crippen LogP contribution is -2.34. The fourth-order valence-corrected chi connectivity index (χ4v) is 3.94. The molecule has 1 aromatic heterocycles. The Morgan fingerprint density at radius 2 is 1.76 bits per heavy atom. The van der Waals surface area contributed by atoms with E-state index < -0.39 is 29.8 Å². The van der Waals surface area contributed by atoms with E-state index in [-0.39, 0.29) is 52.0 Å². The number of anilines is 1. The molecule has 3 aromatic rings. The molecule has 1 aliphatic rings. The number of urea groups is 1. The number of carbonyl (C=O) groups is 3. The number of aromatic nitrogens is 2. The first-order chi connectivity index (χ1) is 15.6. The van der Waals surface area contributed by atoms with Crippen LogP contribution in [0.2, 0.25) is 10.0 Å². The second-order valence-electron chi connectivity index (χ2n) is 7.01. The summed E-state index contributed by atoms with van der Waals surface area (Å²) in [5.74, 6) is -2.57. The third-order valence-electron chi connectivity index (χ3n) is 4.96. The van der Waals surface area contributed by atoms with Crippen molar-refractivity contribution in [3.63, 3.8) is 0 Å². The lowest BCUT2D eigenvalue weighted by atomic mass is 10.1. The van der Waals surface area contributed by atoms with Crippen LogP contribution in [0.25, 0.3) is 11.0 Å². The van der Waals surface area contributed by atoms with Crippen LogP contribution in [0.4, 0.5) is 23.7 Å². The van der Waals surface area contributed by atoms with Crippen molar-refractivity contribution in [2.24, 2.45) is 0 Å². The molecule has 2 heterocycles. The molecule has 13 heteroatoms. The summed E-state index contributed by atoms with van der Waals surface area (Å²) in [6.45, 7) is -0.888. The molecule has 8 nitrogen and oxygen atoms in total. The fraction of sp³-hybridized carbons (Fsp3) is 0.200. The number of alkyl halides is 3. The van der Waals surface area contributed by atoms with Gasteiger partial charge >= 0.3 is 12.2 Å². The number of para-hydroxylation sites is 2. The van der Waals surface area contributed by atoms with Crippen molar-refractivity contribution in [1.29, 1.82) is 0 Å². The molecule has 0 aliphatic carbocycles. The molecule has 4 amide bonds. The Labute approximate surface area is 194 Å². The highest BCUT2D eigenvalue weighted by atomic mass is 35.5.